The van der Waals surface area contributed by atoms with Gasteiger partial charge in [-0.15, -0.1) is 11.6 Å². The number of hydrogen-bond donors (Lipinski definition) is 1. The van der Waals surface area contributed by atoms with Gasteiger partial charge in [-0.1, -0.05) is 30.3 Å². The Morgan fingerprint density at radius 3 is 2.17 bits per heavy atom. The first-order valence-corrected chi connectivity index (χ1v) is 9.72. The van der Waals surface area contributed by atoms with Crippen molar-refractivity contribution in [3.63, 3.8) is 0 Å². The van der Waals surface area contributed by atoms with Gasteiger partial charge in [-0.25, -0.2) is 4.79 Å². The first-order valence-electron chi connectivity index (χ1n) is 9.19. The van der Waals surface area contributed by atoms with Crippen molar-refractivity contribution >= 4 is 29.2 Å². The monoisotopic (exact) mass is 440 g/mol. The minimum Gasteiger partial charge on any atom is -0.479 e. The summed E-state index contributed by atoms with van der Waals surface area (Å²) in [5.41, 5.74) is -1.15. The number of aliphatic carboxylic acids is 1. The van der Waals surface area contributed by atoms with Gasteiger partial charge < -0.3 is 14.9 Å². The molecule has 3 rings (SSSR count). The van der Waals surface area contributed by atoms with Crippen molar-refractivity contribution in [3.8, 4) is 0 Å². The predicted octanol–water partition coefficient (Wildman–Crippen LogP) is 4.18. The minimum absolute atomic E-state index is 0.0416. The molecule has 1 aliphatic rings. The summed E-state index contributed by atoms with van der Waals surface area (Å²) in [4.78, 5) is 27.9. The quantitative estimate of drug-likeness (QED) is 0.685. The number of amides is 1. The average molecular weight is 441 g/mol. The first-order chi connectivity index (χ1) is 14.1. The number of carbonyl (C=O) groups excluding carboxylic acids is 1. The number of carboxylic acid groups (broad SMARTS) is 1. The maximum Gasteiger partial charge on any atom is 0.416 e. The van der Waals surface area contributed by atoms with Crippen LogP contribution in [0.4, 0.5) is 18.9 Å². The summed E-state index contributed by atoms with van der Waals surface area (Å²) in [6.45, 7) is 1.67. The molecule has 1 atom stereocenters. The fourth-order valence-electron chi connectivity index (χ4n) is 3.79. The zero-order valence-electron chi connectivity index (χ0n) is 16.1. The van der Waals surface area contributed by atoms with E-state index in [0.717, 1.165) is 17.8 Å². The fraction of sp³-hybridized carbons (Fsp3) is 0.333. The average Bonchev–Trinajstić information content (AvgIpc) is 2.69. The molecule has 0 saturated carbocycles. The van der Waals surface area contributed by atoms with Crippen molar-refractivity contribution in [1.29, 1.82) is 0 Å². The van der Waals surface area contributed by atoms with Crippen LogP contribution >= 0.6 is 11.6 Å². The number of nitrogens with zero attached hydrogens (tertiary/aromatic N) is 2. The Balaban J connectivity index is 1.92. The molecule has 5 nitrogen and oxygen atoms in total. The summed E-state index contributed by atoms with van der Waals surface area (Å²) in [5.74, 6) is -2.23. The first kappa shape index (κ1) is 22.0. The van der Waals surface area contributed by atoms with E-state index >= 15 is 0 Å². The van der Waals surface area contributed by atoms with Gasteiger partial charge in [0.2, 0.25) is 5.91 Å². The Labute approximate surface area is 176 Å². The molecule has 30 heavy (non-hydrogen) atoms. The third-order valence-electron chi connectivity index (χ3n) is 5.38. The van der Waals surface area contributed by atoms with E-state index in [1.807, 2.05) is 35.2 Å². The minimum atomic E-state index is -4.49. The van der Waals surface area contributed by atoms with Crippen molar-refractivity contribution in [2.45, 2.75) is 24.7 Å². The molecule has 1 unspecified atom stereocenters. The molecule has 1 aliphatic heterocycles. The van der Waals surface area contributed by atoms with E-state index in [1.165, 1.54) is 17.0 Å². The topological polar surface area (TPSA) is 60.9 Å². The Bertz CT molecular complexity index is 913. The van der Waals surface area contributed by atoms with Crippen LogP contribution in [0.3, 0.4) is 0 Å². The van der Waals surface area contributed by atoms with E-state index in [0.29, 0.717) is 5.56 Å². The molecule has 0 radical (unpaired) electrons. The van der Waals surface area contributed by atoms with Crippen LogP contribution in [0.15, 0.2) is 54.6 Å². The van der Waals surface area contributed by atoms with Crippen molar-refractivity contribution in [2.24, 2.45) is 0 Å². The zero-order valence-corrected chi connectivity index (χ0v) is 16.8. The number of carboxylic acids is 1. The molecule has 0 aliphatic carbocycles. The molecule has 1 saturated heterocycles. The molecule has 0 aromatic heterocycles. The second kappa shape index (κ2) is 8.18. The Morgan fingerprint density at radius 2 is 1.70 bits per heavy atom. The number of alkyl halides is 4. The summed E-state index contributed by atoms with van der Waals surface area (Å²) >= 11 is 5.76. The third-order valence-corrected chi connectivity index (χ3v) is 5.60. The molecule has 2 aromatic carbocycles. The van der Waals surface area contributed by atoms with Crippen molar-refractivity contribution < 1.29 is 27.9 Å². The molecule has 1 amide bonds. The maximum absolute atomic E-state index is 12.9. The molecule has 160 valence electrons. The van der Waals surface area contributed by atoms with Crippen LogP contribution in [0, 0.1) is 0 Å². The smallest absolute Gasteiger partial charge is 0.416 e. The van der Waals surface area contributed by atoms with E-state index in [2.05, 4.69) is 0 Å². The van der Waals surface area contributed by atoms with Gasteiger partial charge in [-0.2, -0.15) is 13.2 Å². The van der Waals surface area contributed by atoms with Gasteiger partial charge in [0.15, 0.2) is 5.54 Å². The van der Waals surface area contributed by atoms with Crippen LogP contribution in [0.25, 0.3) is 0 Å². The summed E-state index contributed by atoms with van der Waals surface area (Å²) in [6, 6.07) is 12.7. The normalized spacial score (nSPS) is 16.5. The van der Waals surface area contributed by atoms with Gasteiger partial charge in [0, 0.05) is 5.69 Å². The fourth-order valence-corrected chi connectivity index (χ4v) is 3.92. The number of carbonyl (C=O) groups is 2. The van der Waals surface area contributed by atoms with Gasteiger partial charge in [0.25, 0.3) is 0 Å². The number of anilines is 1. The van der Waals surface area contributed by atoms with Gasteiger partial charge in [-0.05, 0) is 36.8 Å². The van der Waals surface area contributed by atoms with Crippen molar-refractivity contribution in [1.82, 2.24) is 4.90 Å². The van der Waals surface area contributed by atoms with Crippen LogP contribution < -0.4 is 4.90 Å². The summed E-state index contributed by atoms with van der Waals surface area (Å²) < 4.78 is 38.6. The highest BCUT2D eigenvalue weighted by Crippen LogP contribution is 2.39. The molecule has 9 heteroatoms. The van der Waals surface area contributed by atoms with Crippen LogP contribution in [0.1, 0.15) is 24.1 Å². The lowest BCUT2D eigenvalue weighted by molar-refractivity contribution is -0.163. The predicted molar refractivity (Wildman–Crippen MR) is 106 cm³/mol. The summed E-state index contributed by atoms with van der Waals surface area (Å²) in [6.07, 6.45) is -4.49. The molecule has 0 bridgehead atoms. The SMILES string of the molecule is CC(c1ccc(C(F)(F)F)cc1)N(C(=O)CCl)C1(C(=O)O)CN(c2ccccc2)C1. The second-order valence-electron chi connectivity index (χ2n) is 7.22. The molecular formula is C21H20ClF3N2O3. The molecule has 1 N–H and O–H groups in total. The lowest BCUT2D eigenvalue weighted by atomic mass is 9.84. The Kier molecular flexibility index (Phi) is 5.99. The third kappa shape index (κ3) is 3.96. The highest BCUT2D eigenvalue weighted by molar-refractivity contribution is 6.27. The zero-order chi connectivity index (χ0) is 22.1. The van der Waals surface area contributed by atoms with Crippen LogP contribution in [0.5, 0.6) is 0 Å². The van der Waals surface area contributed by atoms with Crippen molar-refractivity contribution in [2.75, 3.05) is 23.9 Å². The Hall–Kier alpha value is -2.74. The number of hydrogen-bond acceptors (Lipinski definition) is 3. The number of halogens is 4. The molecule has 1 heterocycles. The Morgan fingerprint density at radius 1 is 1.13 bits per heavy atom. The van der Waals surface area contributed by atoms with Gasteiger partial charge >= 0.3 is 12.1 Å². The lowest BCUT2D eigenvalue weighted by Crippen LogP contribution is -2.75. The van der Waals surface area contributed by atoms with Gasteiger partial charge in [0.05, 0.1) is 24.7 Å². The van der Waals surface area contributed by atoms with E-state index in [-0.39, 0.29) is 13.1 Å². The largest absolute Gasteiger partial charge is 0.479 e. The van der Waals surface area contributed by atoms with Gasteiger partial charge in [-0.3, -0.25) is 4.79 Å². The highest BCUT2D eigenvalue weighted by atomic mass is 35.5. The van der Waals surface area contributed by atoms with Crippen LogP contribution in [-0.2, 0) is 15.8 Å². The van der Waals surface area contributed by atoms with E-state index in [1.54, 1.807) is 6.92 Å². The molecule has 1 fully saturated rings. The van der Waals surface area contributed by atoms with E-state index < -0.39 is 41.1 Å². The van der Waals surface area contributed by atoms with Crippen LogP contribution in [0.2, 0.25) is 0 Å². The molecule has 0 spiro atoms. The number of rotatable bonds is 6. The molecular weight excluding hydrogens is 421 g/mol. The number of benzene rings is 2. The van der Waals surface area contributed by atoms with Crippen molar-refractivity contribution in [3.05, 3.63) is 65.7 Å². The van der Waals surface area contributed by atoms with Crippen LogP contribution in [-0.4, -0.2) is 46.4 Å². The standard InChI is InChI=1S/C21H20ClF3N2O3/c1-14(15-7-9-16(10-8-15)21(23,24)25)27(18(28)11-22)20(19(29)30)12-26(13-20)17-5-3-2-4-6-17/h2-10,14H,11-13H2,1H3,(H,29,30). The van der Waals surface area contributed by atoms with E-state index in [9.17, 15) is 27.9 Å². The lowest BCUT2D eigenvalue weighted by Gasteiger charge is -2.55. The second-order valence-corrected chi connectivity index (χ2v) is 7.49. The maximum atomic E-state index is 12.9. The highest BCUT2D eigenvalue weighted by Gasteiger charge is 2.57. The molecule has 2 aromatic rings. The van der Waals surface area contributed by atoms with E-state index in [4.69, 9.17) is 11.6 Å². The van der Waals surface area contributed by atoms with Gasteiger partial charge in [0.1, 0.15) is 5.88 Å². The summed E-state index contributed by atoms with van der Waals surface area (Å²) in [7, 11) is 0. The number of para-hydroxylation sites is 1. The summed E-state index contributed by atoms with van der Waals surface area (Å²) in [5, 5.41) is 10.00.